The number of hydrogen-bond acceptors (Lipinski definition) is 6. The van der Waals surface area contributed by atoms with Crippen LogP contribution >= 0.6 is 0 Å². The Morgan fingerprint density at radius 1 is 1.36 bits per heavy atom. The summed E-state index contributed by atoms with van der Waals surface area (Å²) >= 11 is 0. The largest absolute Gasteiger partial charge is 0.362 e. The van der Waals surface area contributed by atoms with Crippen LogP contribution in [0.3, 0.4) is 0 Å². The smallest absolute Gasteiger partial charge is 0.255 e. The zero-order chi connectivity index (χ0) is 17.4. The molecule has 4 heterocycles. The van der Waals surface area contributed by atoms with Gasteiger partial charge in [-0.15, -0.1) is 0 Å². The van der Waals surface area contributed by atoms with Crippen LogP contribution in [0.4, 0.5) is 0 Å². The summed E-state index contributed by atoms with van der Waals surface area (Å²) in [7, 11) is 1.86. The number of aryl methyl sites for hydroxylation is 2. The lowest BCUT2D eigenvalue weighted by molar-refractivity contribution is -0.137. The summed E-state index contributed by atoms with van der Waals surface area (Å²) in [5.74, 6) is 1.34. The first-order valence-corrected chi connectivity index (χ1v) is 8.77. The fraction of sp³-hybridized carbons (Fsp3) is 0.647. The fourth-order valence-corrected chi connectivity index (χ4v) is 3.79. The highest BCUT2D eigenvalue weighted by Gasteiger charge is 2.45. The zero-order valence-electron chi connectivity index (χ0n) is 14.6. The molecule has 134 valence electrons. The Bertz CT molecular complexity index is 760. The van der Waals surface area contributed by atoms with Gasteiger partial charge in [0.2, 0.25) is 5.91 Å². The normalized spacial score (nSPS) is 22.6. The summed E-state index contributed by atoms with van der Waals surface area (Å²) in [6, 6.07) is 1.89. The van der Waals surface area contributed by atoms with Gasteiger partial charge in [0.15, 0.2) is 5.82 Å². The Morgan fingerprint density at radius 2 is 2.16 bits per heavy atom. The first-order valence-electron chi connectivity index (χ1n) is 8.77. The third-order valence-corrected chi connectivity index (χ3v) is 5.20. The van der Waals surface area contributed by atoms with Crippen molar-refractivity contribution in [2.24, 2.45) is 7.05 Å². The number of amides is 1. The van der Waals surface area contributed by atoms with Gasteiger partial charge >= 0.3 is 0 Å². The molecule has 1 unspecified atom stereocenters. The van der Waals surface area contributed by atoms with Gasteiger partial charge in [-0.25, -0.2) is 0 Å². The van der Waals surface area contributed by atoms with E-state index in [-0.39, 0.29) is 17.6 Å². The van der Waals surface area contributed by atoms with Crippen LogP contribution in [0.2, 0.25) is 0 Å². The molecule has 25 heavy (non-hydrogen) atoms. The van der Waals surface area contributed by atoms with Gasteiger partial charge in [0.25, 0.3) is 5.89 Å². The van der Waals surface area contributed by atoms with E-state index >= 15 is 0 Å². The molecule has 2 aliphatic heterocycles. The number of carbonyl (C=O) groups is 1. The van der Waals surface area contributed by atoms with Crippen LogP contribution in [0.1, 0.15) is 49.2 Å². The molecule has 8 nitrogen and oxygen atoms in total. The zero-order valence-corrected chi connectivity index (χ0v) is 14.6. The van der Waals surface area contributed by atoms with Gasteiger partial charge in [-0.1, -0.05) is 5.16 Å². The second-order valence-corrected chi connectivity index (χ2v) is 7.05. The van der Waals surface area contributed by atoms with Crippen LogP contribution in [-0.4, -0.2) is 49.4 Å². The van der Waals surface area contributed by atoms with E-state index in [0.717, 1.165) is 44.5 Å². The lowest BCUT2D eigenvalue weighted by Gasteiger charge is -2.39. The van der Waals surface area contributed by atoms with Crippen LogP contribution < -0.4 is 0 Å². The van der Waals surface area contributed by atoms with E-state index in [4.69, 9.17) is 9.26 Å². The van der Waals surface area contributed by atoms with Gasteiger partial charge in [0.05, 0.1) is 17.7 Å². The van der Waals surface area contributed by atoms with Gasteiger partial charge < -0.3 is 14.2 Å². The average Bonchev–Trinajstić information content (AvgIpc) is 3.30. The van der Waals surface area contributed by atoms with Crippen molar-refractivity contribution in [2.45, 2.75) is 50.7 Å². The van der Waals surface area contributed by atoms with Crippen LogP contribution in [0, 0.1) is 6.92 Å². The number of hydrogen-bond donors (Lipinski definition) is 0. The van der Waals surface area contributed by atoms with Gasteiger partial charge in [0, 0.05) is 26.3 Å². The molecular weight excluding hydrogens is 322 g/mol. The van der Waals surface area contributed by atoms with E-state index in [1.165, 1.54) is 0 Å². The molecule has 1 atom stereocenters. The molecule has 0 aromatic carbocycles. The molecule has 0 bridgehead atoms. The summed E-state index contributed by atoms with van der Waals surface area (Å²) in [5.41, 5.74) is 0.658. The van der Waals surface area contributed by atoms with Crippen LogP contribution in [0.15, 0.2) is 16.8 Å². The second-order valence-electron chi connectivity index (χ2n) is 7.05. The van der Waals surface area contributed by atoms with Crippen molar-refractivity contribution >= 4 is 5.91 Å². The molecule has 1 spiro atoms. The highest BCUT2D eigenvalue weighted by Crippen LogP contribution is 2.44. The minimum atomic E-state index is -0.158. The summed E-state index contributed by atoms with van der Waals surface area (Å²) in [5, 5.41) is 8.13. The summed E-state index contributed by atoms with van der Waals surface area (Å²) in [6.45, 7) is 3.26. The summed E-state index contributed by atoms with van der Waals surface area (Å²) in [6.07, 6.45) is 5.68. The highest BCUT2D eigenvalue weighted by molar-refractivity contribution is 5.78. The number of aromatic nitrogens is 4. The summed E-state index contributed by atoms with van der Waals surface area (Å²) < 4.78 is 13.3. The Labute approximate surface area is 146 Å². The molecule has 0 aliphatic carbocycles. The molecule has 2 aromatic heterocycles. The molecule has 8 heteroatoms. The van der Waals surface area contributed by atoms with E-state index in [9.17, 15) is 4.79 Å². The standard InChI is InChI=1S/C17H23N5O3/c1-12-18-16(25-20-12)14-3-5-17(24-14)6-9-22(10-7-17)15(23)11-13-4-8-21(2)19-13/h4,8,14H,3,5-7,9-11H2,1-2H3. The lowest BCUT2D eigenvalue weighted by atomic mass is 9.88. The van der Waals surface area contributed by atoms with E-state index in [0.29, 0.717) is 18.1 Å². The Kier molecular flexibility index (Phi) is 4.07. The fourth-order valence-electron chi connectivity index (χ4n) is 3.79. The first kappa shape index (κ1) is 16.3. The molecule has 0 N–H and O–H groups in total. The van der Waals surface area contributed by atoms with Crippen molar-refractivity contribution in [1.82, 2.24) is 24.8 Å². The van der Waals surface area contributed by atoms with Crippen LogP contribution in [-0.2, 0) is 23.0 Å². The molecule has 2 aliphatic rings. The molecule has 2 aromatic rings. The monoisotopic (exact) mass is 345 g/mol. The molecule has 0 radical (unpaired) electrons. The van der Waals surface area contributed by atoms with E-state index in [1.807, 2.05) is 31.1 Å². The van der Waals surface area contributed by atoms with Gasteiger partial charge in [-0.05, 0) is 38.7 Å². The second kappa shape index (κ2) is 6.25. The predicted molar refractivity (Wildman–Crippen MR) is 87.6 cm³/mol. The highest BCUT2D eigenvalue weighted by atomic mass is 16.5. The predicted octanol–water partition coefficient (Wildman–Crippen LogP) is 1.57. The maximum absolute atomic E-state index is 12.5. The van der Waals surface area contributed by atoms with E-state index in [1.54, 1.807) is 4.68 Å². The Balaban J connectivity index is 1.33. The topological polar surface area (TPSA) is 86.3 Å². The number of piperidine rings is 1. The SMILES string of the molecule is Cc1noc(C2CCC3(CCN(C(=O)Cc4ccn(C)n4)CC3)O2)n1. The molecule has 2 fully saturated rings. The molecule has 4 rings (SSSR count). The minimum absolute atomic E-state index is 0.114. The Morgan fingerprint density at radius 3 is 2.80 bits per heavy atom. The quantitative estimate of drug-likeness (QED) is 0.839. The molecule has 2 saturated heterocycles. The third-order valence-electron chi connectivity index (χ3n) is 5.20. The van der Waals surface area contributed by atoms with E-state index < -0.39 is 0 Å². The minimum Gasteiger partial charge on any atom is -0.362 e. The first-order chi connectivity index (χ1) is 12.0. The van der Waals surface area contributed by atoms with Crippen LogP contribution in [0.25, 0.3) is 0 Å². The molecule has 0 saturated carbocycles. The number of nitrogens with zero attached hydrogens (tertiary/aromatic N) is 5. The van der Waals surface area contributed by atoms with E-state index in [2.05, 4.69) is 15.2 Å². The van der Waals surface area contributed by atoms with Crippen molar-refractivity contribution in [2.75, 3.05) is 13.1 Å². The van der Waals surface area contributed by atoms with Gasteiger partial charge in [0.1, 0.15) is 6.10 Å². The number of likely N-dealkylation sites (tertiary alicyclic amines) is 1. The van der Waals surface area contributed by atoms with Crippen molar-refractivity contribution in [3.8, 4) is 0 Å². The third kappa shape index (κ3) is 3.30. The number of rotatable bonds is 3. The summed E-state index contributed by atoms with van der Waals surface area (Å²) in [4.78, 5) is 18.7. The lowest BCUT2D eigenvalue weighted by Crippen LogP contribution is -2.46. The maximum Gasteiger partial charge on any atom is 0.255 e. The van der Waals surface area contributed by atoms with Crippen molar-refractivity contribution in [3.63, 3.8) is 0 Å². The Hall–Kier alpha value is -2.22. The molecule has 1 amide bonds. The van der Waals surface area contributed by atoms with Gasteiger partial charge in [-0.3, -0.25) is 9.48 Å². The molecular formula is C17H23N5O3. The number of ether oxygens (including phenoxy) is 1. The maximum atomic E-state index is 12.5. The van der Waals surface area contributed by atoms with Crippen molar-refractivity contribution in [1.29, 1.82) is 0 Å². The average molecular weight is 345 g/mol. The van der Waals surface area contributed by atoms with Crippen molar-refractivity contribution < 1.29 is 14.1 Å². The van der Waals surface area contributed by atoms with Crippen molar-refractivity contribution in [3.05, 3.63) is 29.7 Å². The number of carbonyl (C=O) groups excluding carboxylic acids is 1. The van der Waals surface area contributed by atoms with Crippen LogP contribution in [0.5, 0.6) is 0 Å². The van der Waals surface area contributed by atoms with Gasteiger partial charge in [-0.2, -0.15) is 10.1 Å².